The summed E-state index contributed by atoms with van der Waals surface area (Å²) in [5.74, 6) is -0.201. The van der Waals surface area contributed by atoms with Gasteiger partial charge in [-0.25, -0.2) is 4.39 Å². The van der Waals surface area contributed by atoms with E-state index in [2.05, 4.69) is 11.9 Å². The topological polar surface area (TPSA) is 33.2 Å². The number of carbonyl (C=O) groups excluding carboxylic acids is 1. The number of hydrogen-bond donors (Lipinski definition) is 0. The lowest BCUT2D eigenvalue weighted by molar-refractivity contribution is 0.0669. The van der Waals surface area contributed by atoms with Gasteiger partial charge in [-0.2, -0.15) is 0 Å². The molecule has 2 aromatic carbocycles. The lowest BCUT2D eigenvalue weighted by Crippen LogP contribution is -2.40. The number of aromatic nitrogens is 1. The second kappa shape index (κ2) is 7.47. The molecule has 3 nitrogen and oxygen atoms in total. The molecule has 0 saturated carbocycles. The van der Waals surface area contributed by atoms with Crippen molar-refractivity contribution in [3.05, 3.63) is 77.9 Å². The second-order valence-electron chi connectivity index (χ2n) is 7.34. The summed E-state index contributed by atoms with van der Waals surface area (Å²) in [5, 5.41) is 1.94. The number of aryl methyl sites for hydroxylation is 1. The second-order valence-corrected chi connectivity index (χ2v) is 7.34. The number of fused-ring (bicyclic) bond motifs is 1. The maximum Gasteiger partial charge on any atom is 0.273 e. The van der Waals surface area contributed by atoms with Crippen LogP contribution in [0.2, 0.25) is 0 Å². The minimum atomic E-state index is -0.216. The fourth-order valence-corrected chi connectivity index (χ4v) is 4.12. The highest BCUT2D eigenvalue weighted by Crippen LogP contribution is 2.30. The molecule has 4 heteroatoms. The zero-order chi connectivity index (χ0) is 18.8. The van der Waals surface area contributed by atoms with E-state index < -0.39 is 0 Å². The molecule has 138 valence electrons. The first-order valence-electron chi connectivity index (χ1n) is 9.54. The van der Waals surface area contributed by atoms with Crippen LogP contribution < -0.4 is 0 Å². The molecular weight excluding hydrogens is 339 g/mol. The highest BCUT2D eigenvalue weighted by Gasteiger charge is 2.35. The van der Waals surface area contributed by atoms with E-state index in [0.29, 0.717) is 5.69 Å². The predicted octanol–water partition coefficient (Wildman–Crippen LogP) is 5.00. The van der Waals surface area contributed by atoms with Gasteiger partial charge < -0.3 is 4.90 Å². The minimum Gasteiger partial charge on any atom is -0.332 e. The smallest absolute Gasteiger partial charge is 0.273 e. The molecule has 0 radical (unpaired) electrons. The van der Waals surface area contributed by atoms with Gasteiger partial charge in [-0.3, -0.25) is 9.78 Å². The van der Waals surface area contributed by atoms with Crippen LogP contribution in [0.4, 0.5) is 4.39 Å². The van der Waals surface area contributed by atoms with Gasteiger partial charge in [0.2, 0.25) is 0 Å². The van der Waals surface area contributed by atoms with E-state index in [1.807, 2.05) is 47.4 Å². The quantitative estimate of drug-likeness (QED) is 0.654. The molecule has 0 aliphatic carbocycles. The summed E-state index contributed by atoms with van der Waals surface area (Å²) >= 11 is 0. The Balaban J connectivity index is 1.56. The van der Waals surface area contributed by atoms with Gasteiger partial charge >= 0.3 is 0 Å². The van der Waals surface area contributed by atoms with E-state index in [1.54, 1.807) is 6.20 Å². The number of carbonyl (C=O) groups is 1. The van der Waals surface area contributed by atoms with E-state index in [-0.39, 0.29) is 23.8 Å². The Bertz CT molecular complexity index is 949. The van der Waals surface area contributed by atoms with Crippen molar-refractivity contribution < 1.29 is 9.18 Å². The maximum atomic E-state index is 13.4. The average Bonchev–Trinajstić information content (AvgIpc) is 3.07. The summed E-state index contributed by atoms with van der Waals surface area (Å²) in [4.78, 5) is 19.8. The Morgan fingerprint density at radius 2 is 1.89 bits per heavy atom. The fourth-order valence-electron chi connectivity index (χ4n) is 4.12. The van der Waals surface area contributed by atoms with Crippen molar-refractivity contribution in [2.75, 3.05) is 0 Å². The van der Waals surface area contributed by atoms with Gasteiger partial charge in [0.1, 0.15) is 11.5 Å². The summed E-state index contributed by atoms with van der Waals surface area (Å²) in [5.41, 5.74) is 1.64. The van der Waals surface area contributed by atoms with Crippen LogP contribution in [0.1, 0.15) is 42.2 Å². The number of nitrogens with zero attached hydrogens (tertiary/aromatic N) is 2. The number of likely N-dealkylation sites (tertiary alicyclic amines) is 1. The van der Waals surface area contributed by atoms with Gasteiger partial charge in [0.25, 0.3) is 5.91 Å². The van der Waals surface area contributed by atoms with E-state index in [0.717, 1.165) is 42.0 Å². The Morgan fingerprint density at radius 3 is 2.70 bits per heavy atom. The van der Waals surface area contributed by atoms with Gasteiger partial charge in [0, 0.05) is 23.7 Å². The standard InChI is InChI=1S/C23H23FN2O/c1-16-6-12-20(13-9-17-7-10-19(24)11-8-17)26(16)23(27)22-21-5-3-2-4-18(21)14-15-25-22/h2-5,7-8,10-11,14-16,20H,6,9,12-13H2,1H3/t16-,20-/m1/s1. The Hall–Kier alpha value is -2.75. The first kappa shape index (κ1) is 17.7. The van der Waals surface area contributed by atoms with Crippen molar-refractivity contribution in [3.8, 4) is 0 Å². The predicted molar refractivity (Wildman–Crippen MR) is 105 cm³/mol. The third-order valence-electron chi connectivity index (χ3n) is 5.58. The number of amides is 1. The Labute approximate surface area is 158 Å². The molecule has 0 spiro atoms. The van der Waals surface area contributed by atoms with E-state index >= 15 is 0 Å². The van der Waals surface area contributed by atoms with Crippen molar-refractivity contribution in [2.45, 2.75) is 44.7 Å². The molecule has 1 aromatic heterocycles. The maximum absolute atomic E-state index is 13.4. The molecule has 1 saturated heterocycles. The van der Waals surface area contributed by atoms with Crippen LogP contribution in [0.15, 0.2) is 60.8 Å². The zero-order valence-corrected chi connectivity index (χ0v) is 15.4. The van der Waals surface area contributed by atoms with Crippen molar-refractivity contribution >= 4 is 16.7 Å². The largest absolute Gasteiger partial charge is 0.332 e. The van der Waals surface area contributed by atoms with Gasteiger partial charge in [-0.1, -0.05) is 36.4 Å². The Morgan fingerprint density at radius 1 is 1.11 bits per heavy atom. The number of halogens is 1. The van der Waals surface area contributed by atoms with Crippen LogP contribution in [-0.4, -0.2) is 27.9 Å². The Kier molecular flexibility index (Phi) is 4.88. The molecule has 1 fully saturated rings. The highest BCUT2D eigenvalue weighted by atomic mass is 19.1. The van der Waals surface area contributed by atoms with Crippen molar-refractivity contribution in [1.82, 2.24) is 9.88 Å². The average molecular weight is 362 g/mol. The van der Waals surface area contributed by atoms with Gasteiger partial charge in [0.05, 0.1) is 0 Å². The van der Waals surface area contributed by atoms with Gasteiger partial charge in [0.15, 0.2) is 0 Å². The van der Waals surface area contributed by atoms with Crippen LogP contribution >= 0.6 is 0 Å². The molecule has 1 aliphatic heterocycles. The van der Waals surface area contributed by atoms with Crippen LogP contribution in [0.5, 0.6) is 0 Å². The lowest BCUT2D eigenvalue weighted by atomic mass is 10.0. The van der Waals surface area contributed by atoms with Crippen LogP contribution in [0.25, 0.3) is 10.8 Å². The highest BCUT2D eigenvalue weighted by molar-refractivity contribution is 6.05. The fraction of sp³-hybridized carbons (Fsp3) is 0.304. The normalized spacial score (nSPS) is 19.6. The van der Waals surface area contributed by atoms with E-state index in [1.165, 1.54) is 12.1 Å². The van der Waals surface area contributed by atoms with Crippen LogP contribution in [0, 0.1) is 5.82 Å². The summed E-state index contributed by atoms with van der Waals surface area (Å²) in [6.07, 6.45) is 5.43. The number of hydrogen-bond acceptors (Lipinski definition) is 2. The van der Waals surface area contributed by atoms with E-state index in [4.69, 9.17) is 0 Å². The molecule has 0 unspecified atom stereocenters. The third-order valence-corrected chi connectivity index (χ3v) is 5.58. The molecule has 2 atom stereocenters. The molecule has 3 aromatic rings. The van der Waals surface area contributed by atoms with Crippen molar-refractivity contribution in [1.29, 1.82) is 0 Å². The van der Waals surface area contributed by atoms with Gasteiger partial charge in [-0.15, -0.1) is 0 Å². The third kappa shape index (κ3) is 3.57. The lowest BCUT2D eigenvalue weighted by Gasteiger charge is -2.29. The molecule has 0 N–H and O–H groups in total. The summed E-state index contributed by atoms with van der Waals surface area (Å²) in [6.45, 7) is 2.11. The summed E-state index contributed by atoms with van der Waals surface area (Å²) < 4.78 is 13.1. The van der Waals surface area contributed by atoms with E-state index in [9.17, 15) is 9.18 Å². The number of rotatable bonds is 4. The molecule has 1 amide bonds. The van der Waals surface area contributed by atoms with Gasteiger partial charge in [-0.05, 0) is 61.8 Å². The molecule has 0 bridgehead atoms. The first-order chi connectivity index (χ1) is 13.1. The minimum absolute atomic E-state index is 0.0147. The first-order valence-corrected chi connectivity index (χ1v) is 9.54. The van der Waals surface area contributed by atoms with Crippen molar-refractivity contribution in [3.63, 3.8) is 0 Å². The molecular formula is C23H23FN2O. The van der Waals surface area contributed by atoms with Crippen molar-refractivity contribution in [2.24, 2.45) is 0 Å². The molecule has 2 heterocycles. The van der Waals surface area contributed by atoms with Crippen LogP contribution in [-0.2, 0) is 6.42 Å². The molecule has 4 rings (SSSR count). The number of pyridine rings is 1. The zero-order valence-electron chi connectivity index (χ0n) is 15.4. The summed E-state index contributed by atoms with van der Waals surface area (Å²) in [6, 6.07) is 16.9. The van der Waals surface area contributed by atoms with Crippen LogP contribution in [0.3, 0.4) is 0 Å². The monoisotopic (exact) mass is 362 g/mol. The molecule has 1 aliphatic rings. The summed E-state index contributed by atoms with van der Waals surface area (Å²) in [7, 11) is 0. The SMILES string of the molecule is C[C@@H]1CC[C@H](CCc2ccc(F)cc2)N1C(=O)c1nccc2ccccc12. The molecule has 27 heavy (non-hydrogen) atoms. The number of benzene rings is 2.